The van der Waals surface area contributed by atoms with Crippen LogP contribution in [0.5, 0.6) is 0 Å². The summed E-state index contributed by atoms with van der Waals surface area (Å²) < 4.78 is 46.0. The molecule has 0 aliphatic heterocycles. The minimum atomic E-state index is -4.74. The zero-order valence-corrected chi connectivity index (χ0v) is 15.8. The van der Waals surface area contributed by atoms with Crippen molar-refractivity contribution in [2.75, 3.05) is 18.6 Å². The number of alkyl halides is 3. The van der Waals surface area contributed by atoms with Gasteiger partial charge in [-0.05, 0) is 18.6 Å². The van der Waals surface area contributed by atoms with E-state index in [-0.39, 0.29) is 23.8 Å². The highest BCUT2D eigenvalue weighted by atomic mass is 19.4. The maximum absolute atomic E-state index is 13.4. The lowest BCUT2D eigenvalue weighted by Crippen LogP contribution is -2.21. The minimum Gasteiger partial charge on any atom is -0.450 e. The maximum atomic E-state index is 13.4. The summed E-state index contributed by atoms with van der Waals surface area (Å²) in [6, 6.07) is 8.79. The van der Waals surface area contributed by atoms with E-state index >= 15 is 0 Å². The highest BCUT2D eigenvalue weighted by Gasteiger charge is 2.36. The molecule has 3 aromatic rings. The third kappa shape index (κ3) is 4.78. The van der Waals surface area contributed by atoms with Crippen LogP contribution in [0.4, 0.5) is 29.6 Å². The molecule has 0 atom stereocenters. The van der Waals surface area contributed by atoms with Gasteiger partial charge < -0.3 is 15.4 Å². The van der Waals surface area contributed by atoms with Crippen LogP contribution in [0.25, 0.3) is 5.65 Å². The first kappa shape index (κ1) is 20.9. The van der Waals surface area contributed by atoms with Crippen molar-refractivity contribution in [1.82, 2.24) is 19.6 Å². The number of rotatable bonds is 5. The Hall–Kier alpha value is -3.81. The number of nitrogens with zero attached hydrogens (tertiary/aromatic N) is 5. The van der Waals surface area contributed by atoms with E-state index in [1.54, 1.807) is 37.4 Å². The summed E-state index contributed by atoms with van der Waals surface area (Å²) in [7, 11) is 1.59. The summed E-state index contributed by atoms with van der Waals surface area (Å²) in [5.41, 5.74) is 5.65. The number of benzene rings is 1. The van der Waals surface area contributed by atoms with Crippen molar-refractivity contribution in [3.05, 3.63) is 47.9 Å². The van der Waals surface area contributed by atoms with Gasteiger partial charge in [0.15, 0.2) is 5.65 Å². The van der Waals surface area contributed by atoms with Gasteiger partial charge in [0.2, 0.25) is 11.8 Å². The zero-order valence-electron chi connectivity index (χ0n) is 15.8. The number of hydrogen-bond acceptors (Lipinski definition) is 6. The number of fused-ring (bicyclic) bond motifs is 1. The molecule has 0 radical (unpaired) electrons. The number of anilines is 2. The lowest BCUT2D eigenvalue weighted by molar-refractivity contribution is -0.144. The Labute approximate surface area is 169 Å². The number of amides is 1. The number of nitrogens with two attached hydrogens (primary N) is 1. The zero-order chi connectivity index (χ0) is 21.7. The Morgan fingerprint density at radius 2 is 2.00 bits per heavy atom. The van der Waals surface area contributed by atoms with E-state index in [2.05, 4.69) is 31.6 Å². The smallest absolute Gasteiger partial charge is 0.450 e. The number of unbranched alkanes of at least 4 members (excludes halogenated alkanes) is 1. The molecule has 156 valence electrons. The van der Waals surface area contributed by atoms with Crippen molar-refractivity contribution in [3.8, 4) is 11.8 Å². The molecule has 0 spiro atoms. The number of aromatic nitrogens is 4. The Morgan fingerprint density at radius 1 is 1.27 bits per heavy atom. The van der Waals surface area contributed by atoms with Crippen molar-refractivity contribution in [1.29, 1.82) is 0 Å². The summed E-state index contributed by atoms with van der Waals surface area (Å²) in [6.07, 6.45) is -3.51. The molecule has 0 bridgehead atoms. The fourth-order valence-electron chi connectivity index (χ4n) is 2.55. The molecule has 8 nitrogen and oxygen atoms in total. The summed E-state index contributed by atoms with van der Waals surface area (Å²) >= 11 is 0. The van der Waals surface area contributed by atoms with Crippen LogP contribution in [0, 0.1) is 11.8 Å². The van der Waals surface area contributed by atoms with Crippen LogP contribution >= 0.6 is 0 Å². The van der Waals surface area contributed by atoms with Crippen molar-refractivity contribution >= 4 is 23.4 Å². The molecule has 11 heteroatoms. The van der Waals surface area contributed by atoms with E-state index in [4.69, 9.17) is 5.73 Å². The molecule has 2 heterocycles. The SMILES string of the molecule is CN(c1ccccc1)c1nc(C(F)(F)F)nc2c(C#CCCCOC(N)=O)cnn12. The lowest BCUT2D eigenvalue weighted by Gasteiger charge is -2.19. The van der Waals surface area contributed by atoms with Gasteiger partial charge in [0, 0.05) is 19.2 Å². The largest absolute Gasteiger partial charge is 0.451 e. The van der Waals surface area contributed by atoms with Gasteiger partial charge in [0.05, 0.1) is 18.4 Å². The number of para-hydroxylation sites is 1. The van der Waals surface area contributed by atoms with E-state index < -0.39 is 18.1 Å². The molecular weight excluding hydrogens is 401 g/mol. The molecule has 0 saturated carbocycles. The second-order valence-electron chi connectivity index (χ2n) is 6.11. The fraction of sp³-hybridized carbons (Fsp3) is 0.263. The number of hydrogen-bond donors (Lipinski definition) is 1. The molecule has 1 aromatic carbocycles. The summed E-state index contributed by atoms with van der Waals surface area (Å²) in [6.45, 7) is 0.102. The van der Waals surface area contributed by atoms with E-state index in [1.165, 1.54) is 15.6 Å². The Morgan fingerprint density at radius 3 is 2.67 bits per heavy atom. The molecular formula is C19H17F3N6O2. The summed E-state index contributed by atoms with van der Waals surface area (Å²) in [5.74, 6) is 4.22. The van der Waals surface area contributed by atoms with Crippen molar-refractivity contribution in [2.24, 2.45) is 5.73 Å². The number of primary amides is 1. The van der Waals surface area contributed by atoms with Crippen LogP contribution in [0.15, 0.2) is 36.5 Å². The molecule has 0 fully saturated rings. The average molecular weight is 418 g/mol. The number of carbonyl (C=O) groups excluding carboxylic acids is 1. The highest BCUT2D eigenvalue weighted by Crippen LogP contribution is 2.30. The van der Waals surface area contributed by atoms with Crippen molar-refractivity contribution in [3.63, 3.8) is 0 Å². The first-order chi connectivity index (χ1) is 14.3. The van der Waals surface area contributed by atoms with Crippen LogP contribution in [0.2, 0.25) is 0 Å². The Bertz CT molecular complexity index is 1100. The van der Waals surface area contributed by atoms with Crippen LogP contribution in [-0.4, -0.2) is 39.3 Å². The van der Waals surface area contributed by atoms with E-state index in [0.717, 1.165) is 0 Å². The predicted octanol–water partition coefficient (Wildman–Crippen LogP) is 3.14. The first-order valence-electron chi connectivity index (χ1n) is 8.80. The molecule has 30 heavy (non-hydrogen) atoms. The van der Waals surface area contributed by atoms with Gasteiger partial charge in [-0.2, -0.15) is 27.8 Å². The van der Waals surface area contributed by atoms with Crippen molar-refractivity contribution < 1.29 is 22.7 Å². The second kappa shape index (κ2) is 8.69. The maximum Gasteiger partial charge on any atom is 0.451 e. The second-order valence-corrected chi connectivity index (χ2v) is 6.11. The van der Waals surface area contributed by atoms with Gasteiger partial charge in [0.25, 0.3) is 0 Å². The molecule has 0 saturated heterocycles. The molecule has 0 unspecified atom stereocenters. The lowest BCUT2D eigenvalue weighted by atomic mass is 10.3. The number of ether oxygens (including phenoxy) is 1. The van der Waals surface area contributed by atoms with Gasteiger partial charge in [0.1, 0.15) is 0 Å². The van der Waals surface area contributed by atoms with Gasteiger partial charge in [-0.15, -0.1) is 0 Å². The van der Waals surface area contributed by atoms with Crippen LogP contribution in [0.1, 0.15) is 24.2 Å². The van der Waals surface area contributed by atoms with Gasteiger partial charge >= 0.3 is 12.3 Å². The first-order valence-corrected chi connectivity index (χ1v) is 8.80. The highest BCUT2D eigenvalue weighted by molar-refractivity contribution is 5.64. The predicted molar refractivity (Wildman–Crippen MR) is 102 cm³/mol. The number of halogens is 3. The van der Waals surface area contributed by atoms with Gasteiger partial charge in [-0.25, -0.2) is 9.78 Å². The van der Waals surface area contributed by atoms with Crippen LogP contribution in [-0.2, 0) is 10.9 Å². The van der Waals surface area contributed by atoms with E-state index in [9.17, 15) is 18.0 Å². The van der Waals surface area contributed by atoms with Crippen LogP contribution < -0.4 is 10.6 Å². The fourth-order valence-corrected chi connectivity index (χ4v) is 2.55. The number of carbonyl (C=O) groups is 1. The van der Waals surface area contributed by atoms with E-state index in [0.29, 0.717) is 18.5 Å². The third-order valence-corrected chi connectivity index (χ3v) is 3.96. The van der Waals surface area contributed by atoms with Gasteiger partial charge in [-0.3, -0.25) is 0 Å². The Balaban J connectivity index is 1.97. The summed E-state index contributed by atoms with van der Waals surface area (Å²) in [4.78, 5) is 19.3. The van der Waals surface area contributed by atoms with Crippen LogP contribution in [0.3, 0.4) is 0 Å². The quantitative estimate of drug-likeness (QED) is 0.505. The summed E-state index contributed by atoms with van der Waals surface area (Å²) in [5, 5.41) is 4.12. The standard InChI is InChI=1S/C19H17F3N6O2/c1-27(14-9-5-2-6-10-14)18-26-16(19(20,21)22)25-15-13(12-24-28(15)18)8-4-3-7-11-30-17(23)29/h2,5-6,9-10,12H,3,7,11H2,1H3,(H2,23,29). The molecule has 1 amide bonds. The van der Waals surface area contributed by atoms with Crippen molar-refractivity contribution in [2.45, 2.75) is 19.0 Å². The normalized spacial score (nSPS) is 11.1. The van der Waals surface area contributed by atoms with E-state index in [1.807, 2.05) is 0 Å². The van der Waals surface area contributed by atoms with Gasteiger partial charge in [-0.1, -0.05) is 30.0 Å². The Kier molecular flexibility index (Phi) is 6.06. The topological polar surface area (TPSA) is 98.6 Å². The molecule has 0 aliphatic rings. The monoisotopic (exact) mass is 418 g/mol. The molecule has 2 N–H and O–H groups in total. The average Bonchev–Trinajstić information content (AvgIpc) is 3.12. The molecule has 0 aliphatic carbocycles. The molecule has 3 rings (SSSR count). The third-order valence-electron chi connectivity index (χ3n) is 3.96. The minimum absolute atomic E-state index is 0.0542. The molecule has 2 aromatic heterocycles.